The van der Waals surface area contributed by atoms with Crippen molar-refractivity contribution in [2.45, 2.75) is 37.4 Å². The third kappa shape index (κ3) is 2.60. The summed E-state index contributed by atoms with van der Waals surface area (Å²) < 4.78 is 0. The summed E-state index contributed by atoms with van der Waals surface area (Å²) >= 11 is 0. The van der Waals surface area contributed by atoms with E-state index in [1.165, 1.54) is 0 Å². The van der Waals surface area contributed by atoms with Crippen LogP contribution in [0.15, 0.2) is 60.7 Å². The Kier molecular flexibility index (Phi) is 4.09. The summed E-state index contributed by atoms with van der Waals surface area (Å²) in [6, 6.07) is 18.2. The monoisotopic (exact) mass is 310 g/mol. The van der Waals surface area contributed by atoms with Gasteiger partial charge in [-0.15, -0.1) is 0 Å². The van der Waals surface area contributed by atoms with Gasteiger partial charge in [0.25, 0.3) is 0 Å². The van der Waals surface area contributed by atoms with E-state index in [-0.39, 0.29) is 5.78 Å². The van der Waals surface area contributed by atoms with Gasteiger partial charge in [-0.25, -0.2) is 0 Å². The average molecular weight is 310 g/mol. The molecule has 0 heterocycles. The SMILES string of the molecule is CC1(O)C(C(=O)c2ccccc2)CCCC1(O)c1ccccc1. The molecule has 0 spiro atoms. The molecular weight excluding hydrogens is 288 g/mol. The lowest BCUT2D eigenvalue weighted by atomic mass is 9.62. The molecule has 0 saturated heterocycles. The van der Waals surface area contributed by atoms with Crippen molar-refractivity contribution in [1.29, 1.82) is 0 Å². The highest BCUT2D eigenvalue weighted by Gasteiger charge is 2.56. The molecule has 1 saturated carbocycles. The highest BCUT2D eigenvalue weighted by molar-refractivity contribution is 5.98. The van der Waals surface area contributed by atoms with Gasteiger partial charge in [-0.1, -0.05) is 60.7 Å². The van der Waals surface area contributed by atoms with Crippen LogP contribution in [0, 0.1) is 5.92 Å². The molecule has 3 rings (SSSR count). The van der Waals surface area contributed by atoms with E-state index in [0.717, 1.165) is 0 Å². The first-order valence-corrected chi connectivity index (χ1v) is 8.06. The molecule has 3 atom stereocenters. The first-order chi connectivity index (χ1) is 11.0. The normalized spacial score (nSPS) is 30.8. The van der Waals surface area contributed by atoms with Gasteiger partial charge in [-0.2, -0.15) is 0 Å². The van der Waals surface area contributed by atoms with Crippen LogP contribution >= 0.6 is 0 Å². The zero-order chi connectivity index (χ0) is 16.5. The number of carbonyl (C=O) groups excluding carboxylic acids is 1. The quantitative estimate of drug-likeness (QED) is 0.855. The van der Waals surface area contributed by atoms with E-state index in [1.807, 2.05) is 48.5 Å². The lowest BCUT2D eigenvalue weighted by molar-refractivity contribution is -0.189. The molecule has 1 aliphatic rings. The molecule has 1 aliphatic carbocycles. The number of aliphatic hydroxyl groups is 2. The molecule has 0 radical (unpaired) electrons. The first-order valence-electron chi connectivity index (χ1n) is 8.06. The van der Waals surface area contributed by atoms with E-state index in [0.29, 0.717) is 30.4 Å². The molecular formula is C20H22O3. The van der Waals surface area contributed by atoms with Gasteiger partial charge in [0.2, 0.25) is 0 Å². The second-order valence-corrected chi connectivity index (χ2v) is 6.55. The molecule has 2 N–H and O–H groups in total. The van der Waals surface area contributed by atoms with Gasteiger partial charge in [-0.05, 0) is 31.7 Å². The van der Waals surface area contributed by atoms with Crippen LogP contribution in [0.3, 0.4) is 0 Å². The Morgan fingerprint density at radius 2 is 1.57 bits per heavy atom. The van der Waals surface area contributed by atoms with Gasteiger partial charge < -0.3 is 10.2 Å². The Hall–Kier alpha value is -1.97. The maximum atomic E-state index is 12.9. The summed E-state index contributed by atoms with van der Waals surface area (Å²) in [5.74, 6) is -0.728. The highest BCUT2D eigenvalue weighted by Crippen LogP contribution is 2.48. The van der Waals surface area contributed by atoms with E-state index < -0.39 is 17.1 Å². The van der Waals surface area contributed by atoms with E-state index in [2.05, 4.69) is 0 Å². The maximum Gasteiger partial charge on any atom is 0.168 e. The van der Waals surface area contributed by atoms with Crippen LogP contribution in [0.2, 0.25) is 0 Å². The number of rotatable bonds is 3. The summed E-state index contributed by atoms with van der Waals surface area (Å²) in [4.78, 5) is 12.9. The van der Waals surface area contributed by atoms with Gasteiger partial charge in [0.15, 0.2) is 5.78 Å². The fourth-order valence-electron chi connectivity index (χ4n) is 3.72. The lowest BCUT2D eigenvalue weighted by Gasteiger charge is -2.49. The smallest absolute Gasteiger partial charge is 0.168 e. The van der Waals surface area contributed by atoms with Crippen LogP contribution in [-0.4, -0.2) is 21.6 Å². The van der Waals surface area contributed by atoms with E-state index >= 15 is 0 Å². The Balaban J connectivity index is 1.99. The van der Waals surface area contributed by atoms with Crippen molar-refractivity contribution in [1.82, 2.24) is 0 Å². The summed E-state index contributed by atoms with van der Waals surface area (Å²) in [5, 5.41) is 22.4. The minimum atomic E-state index is -1.51. The van der Waals surface area contributed by atoms with Gasteiger partial charge >= 0.3 is 0 Å². The van der Waals surface area contributed by atoms with Gasteiger partial charge in [0.05, 0.1) is 5.92 Å². The van der Waals surface area contributed by atoms with E-state index in [9.17, 15) is 15.0 Å². The van der Waals surface area contributed by atoms with Crippen molar-refractivity contribution in [2.24, 2.45) is 5.92 Å². The van der Waals surface area contributed by atoms with Crippen molar-refractivity contribution in [3.8, 4) is 0 Å². The molecule has 1 fully saturated rings. The number of ketones is 1. The average Bonchev–Trinajstić information content (AvgIpc) is 2.58. The van der Waals surface area contributed by atoms with Gasteiger partial charge in [0.1, 0.15) is 11.2 Å². The van der Waals surface area contributed by atoms with Crippen LogP contribution < -0.4 is 0 Å². The first kappa shape index (κ1) is 15.9. The van der Waals surface area contributed by atoms with Crippen LogP contribution in [0.5, 0.6) is 0 Å². The van der Waals surface area contributed by atoms with Crippen LogP contribution in [0.4, 0.5) is 0 Å². The van der Waals surface area contributed by atoms with Gasteiger partial charge in [0, 0.05) is 5.56 Å². The van der Waals surface area contributed by atoms with Crippen LogP contribution in [0.25, 0.3) is 0 Å². The van der Waals surface area contributed by atoms with Crippen molar-refractivity contribution in [3.05, 3.63) is 71.8 Å². The second kappa shape index (κ2) is 5.91. The summed E-state index contributed by atoms with van der Waals surface area (Å²) in [5.41, 5.74) is -1.69. The zero-order valence-corrected chi connectivity index (χ0v) is 13.3. The largest absolute Gasteiger partial charge is 0.386 e. The Morgan fingerprint density at radius 3 is 2.17 bits per heavy atom. The number of hydrogen-bond donors (Lipinski definition) is 2. The van der Waals surface area contributed by atoms with Crippen molar-refractivity contribution in [2.75, 3.05) is 0 Å². The fourth-order valence-corrected chi connectivity index (χ4v) is 3.72. The molecule has 23 heavy (non-hydrogen) atoms. The number of Topliss-reactive ketones (excluding diaryl/α,β-unsaturated/α-hetero) is 1. The summed E-state index contributed by atoms with van der Waals surface area (Å²) in [7, 11) is 0. The molecule has 3 heteroatoms. The number of hydrogen-bond acceptors (Lipinski definition) is 3. The highest BCUT2D eigenvalue weighted by atomic mass is 16.4. The Bertz CT molecular complexity index is 679. The molecule has 120 valence electrons. The Labute approximate surface area is 136 Å². The van der Waals surface area contributed by atoms with Crippen molar-refractivity contribution in [3.63, 3.8) is 0 Å². The molecule has 0 amide bonds. The summed E-state index contributed by atoms with van der Waals surface area (Å²) in [6.45, 7) is 1.59. The van der Waals surface area contributed by atoms with E-state index in [1.54, 1.807) is 19.1 Å². The van der Waals surface area contributed by atoms with E-state index in [4.69, 9.17) is 0 Å². The third-order valence-corrected chi connectivity index (χ3v) is 5.17. The van der Waals surface area contributed by atoms with Crippen LogP contribution in [-0.2, 0) is 5.60 Å². The van der Waals surface area contributed by atoms with Crippen molar-refractivity contribution < 1.29 is 15.0 Å². The number of benzene rings is 2. The fraction of sp³-hybridized carbons (Fsp3) is 0.350. The molecule has 0 aliphatic heterocycles. The minimum absolute atomic E-state index is 0.107. The standard InChI is InChI=1S/C20H22O3/c1-19(22)17(18(21)15-9-4-2-5-10-15)13-8-14-20(19,23)16-11-6-3-7-12-16/h2-7,9-12,17,22-23H,8,13-14H2,1H3. The predicted molar refractivity (Wildman–Crippen MR) is 89.1 cm³/mol. The molecule has 3 nitrogen and oxygen atoms in total. The Morgan fingerprint density at radius 1 is 1.00 bits per heavy atom. The predicted octanol–water partition coefficient (Wildman–Crippen LogP) is 3.31. The van der Waals surface area contributed by atoms with Gasteiger partial charge in [-0.3, -0.25) is 4.79 Å². The molecule has 2 aromatic carbocycles. The number of carbonyl (C=O) groups is 1. The minimum Gasteiger partial charge on any atom is -0.386 e. The molecule has 0 aromatic heterocycles. The summed E-state index contributed by atoms with van der Waals surface area (Å²) in [6.07, 6.45) is 1.73. The lowest BCUT2D eigenvalue weighted by Crippen LogP contribution is -2.59. The maximum absolute atomic E-state index is 12.9. The molecule has 2 aromatic rings. The topological polar surface area (TPSA) is 57.5 Å². The molecule has 3 unspecified atom stereocenters. The van der Waals surface area contributed by atoms with Crippen LogP contribution in [0.1, 0.15) is 42.1 Å². The third-order valence-electron chi connectivity index (χ3n) is 5.17. The second-order valence-electron chi connectivity index (χ2n) is 6.55. The van der Waals surface area contributed by atoms with Crippen molar-refractivity contribution >= 4 is 5.78 Å². The molecule has 0 bridgehead atoms. The zero-order valence-electron chi connectivity index (χ0n) is 13.3.